The normalized spacial score (nSPS) is 22.2. The minimum absolute atomic E-state index is 0.0150. The van der Waals surface area contributed by atoms with Crippen LogP contribution in [0.15, 0.2) is 24.3 Å². The predicted molar refractivity (Wildman–Crippen MR) is 59.8 cm³/mol. The Kier molecular flexibility index (Phi) is 3.91. The van der Waals surface area contributed by atoms with E-state index in [0.717, 1.165) is 31.4 Å². The van der Waals surface area contributed by atoms with Crippen molar-refractivity contribution in [3.63, 3.8) is 0 Å². The second-order valence-corrected chi connectivity index (χ2v) is 4.31. The first-order valence-corrected chi connectivity index (χ1v) is 5.77. The second-order valence-electron chi connectivity index (χ2n) is 4.31. The molecule has 1 aromatic rings. The van der Waals surface area contributed by atoms with Gasteiger partial charge in [0.05, 0.1) is 12.7 Å². The van der Waals surface area contributed by atoms with Gasteiger partial charge in [-0.05, 0) is 37.0 Å². The monoisotopic (exact) mass is 224 g/mol. The van der Waals surface area contributed by atoms with E-state index in [1.807, 2.05) is 6.07 Å². The van der Waals surface area contributed by atoms with Crippen LogP contribution in [-0.4, -0.2) is 24.4 Å². The number of benzene rings is 1. The summed E-state index contributed by atoms with van der Waals surface area (Å²) in [5, 5.41) is 9.35. The highest BCUT2D eigenvalue weighted by atomic mass is 19.1. The summed E-state index contributed by atoms with van der Waals surface area (Å²) in [6.45, 7) is 0.856. The minimum Gasteiger partial charge on any atom is -0.396 e. The quantitative estimate of drug-likeness (QED) is 0.851. The van der Waals surface area contributed by atoms with Gasteiger partial charge in [-0.2, -0.15) is 0 Å². The number of rotatable bonds is 4. The van der Waals surface area contributed by atoms with Gasteiger partial charge >= 0.3 is 0 Å². The molecule has 1 heterocycles. The zero-order valence-corrected chi connectivity index (χ0v) is 9.23. The third-order valence-corrected chi connectivity index (χ3v) is 3.11. The Hall–Kier alpha value is -0.930. The summed E-state index contributed by atoms with van der Waals surface area (Å²) >= 11 is 0. The smallest absolute Gasteiger partial charge is 0.123 e. The van der Waals surface area contributed by atoms with Crippen molar-refractivity contribution in [2.45, 2.75) is 31.3 Å². The predicted octanol–water partition coefficient (Wildman–Crippen LogP) is 2.47. The van der Waals surface area contributed by atoms with Crippen LogP contribution < -0.4 is 0 Å². The van der Waals surface area contributed by atoms with E-state index in [4.69, 9.17) is 4.74 Å². The average Bonchev–Trinajstić information content (AvgIpc) is 2.78. The molecule has 1 saturated heterocycles. The highest BCUT2D eigenvalue weighted by molar-refractivity contribution is 5.21. The molecular weight excluding hydrogens is 207 g/mol. The van der Waals surface area contributed by atoms with Gasteiger partial charge in [0.1, 0.15) is 5.82 Å². The van der Waals surface area contributed by atoms with E-state index in [2.05, 4.69) is 0 Å². The van der Waals surface area contributed by atoms with Gasteiger partial charge in [0, 0.05) is 12.5 Å². The Morgan fingerprint density at radius 1 is 1.50 bits per heavy atom. The molecule has 3 heteroatoms. The van der Waals surface area contributed by atoms with Crippen LogP contribution >= 0.6 is 0 Å². The molecule has 1 aliphatic rings. The molecule has 88 valence electrons. The van der Waals surface area contributed by atoms with E-state index in [-0.39, 0.29) is 24.4 Å². The molecular formula is C13H17FO2. The maximum atomic E-state index is 13.1. The topological polar surface area (TPSA) is 29.5 Å². The lowest BCUT2D eigenvalue weighted by atomic mass is 9.93. The summed E-state index contributed by atoms with van der Waals surface area (Å²) in [4.78, 5) is 0. The molecule has 2 rings (SSSR count). The third-order valence-electron chi connectivity index (χ3n) is 3.11. The lowest BCUT2D eigenvalue weighted by Gasteiger charge is -2.18. The van der Waals surface area contributed by atoms with Gasteiger partial charge in [-0.3, -0.25) is 0 Å². The Morgan fingerprint density at radius 3 is 3.00 bits per heavy atom. The van der Waals surface area contributed by atoms with Crippen LogP contribution in [0.4, 0.5) is 4.39 Å². The molecule has 0 amide bonds. The first-order valence-electron chi connectivity index (χ1n) is 5.77. The van der Waals surface area contributed by atoms with Crippen molar-refractivity contribution in [3.05, 3.63) is 35.6 Å². The number of halogens is 1. The van der Waals surface area contributed by atoms with Crippen LogP contribution in [-0.2, 0) is 4.74 Å². The molecule has 0 spiro atoms. The van der Waals surface area contributed by atoms with Gasteiger partial charge in [0.2, 0.25) is 0 Å². The summed E-state index contributed by atoms with van der Waals surface area (Å²) in [7, 11) is 0. The van der Waals surface area contributed by atoms with Crippen LogP contribution in [0.5, 0.6) is 0 Å². The fraction of sp³-hybridized carbons (Fsp3) is 0.538. The second kappa shape index (κ2) is 5.41. The summed E-state index contributed by atoms with van der Waals surface area (Å²) in [6.07, 6.45) is 3.14. The van der Waals surface area contributed by atoms with Crippen LogP contribution in [0.1, 0.15) is 30.7 Å². The summed E-state index contributed by atoms with van der Waals surface area (Å²) in [6, 6.07) is 6.46. The molecule has 0 aliphatic carbocycles. The fourth-order valence-corrected chi connectivity index (χ4v) is 2.22. The molecule has 16 heavy (non-hydrogen) atoms. The zero-order chi connectivity index (χ0) is 11.4. The molecule has 0 bridgehead atoms. The van der Waals surface area contributed by atoms with Crippen LogP contribution in [0.2, 0.25) is 0 Å². The zero-order valence-electron chi connectivity index (χ0n) is 9.23. The number of aliphatic hydroxyl groups is 1. The highest BCUT2D eigenvalue weighted by Crippen LogP contribution is 2.26. The highest BCUT2D eigenvalue weighted by Gasteiger charge is 2.21. The number of ether oxygens (including phenoxy) is 1. The minimum atomic E-state index is -0.247. The van der Waals surface area contributed by atoms with Gasteiger partial charge < -0.3 is 9.84 Å². The van der Waals surface area contributed by atoms with E-state index in [0.29, 0.717) is 0 Å². The summed E-state index contributed by atoms with van der Waals surface area (Å²) < 4.78 is 18.6. The molecule has 1 aromatic carbocycles. The largest absolute Gasteiger partial charge is 0.396 e. The number of aliphatic hydroxyl groups excluding tert-OH is 1. The first-order chi connectivity index (χ1) is 7.79. The molecule has 2 nitrogen and oxygen atoms in total. The van der Waals surface area contributed by atoms with Crippen molar-refractivity contribution in [3.8, 4) is 0 Å². The Balaban J connectivity index is 2.03. The lowest BCUT2D eigenvalue weighted by Crippen LogP contribution is -2.14. The molecule has 2 unspecified atom stereocenters. The van der Waals surface area contributed by atoms with Gasteiger partial charge in [0.15, 0.2) is 0 Å². The van der Waals surface area contributed by atoms with Gasteiger partial charge in [0.25, 0.3) is 0 Å². The van der Waals surface area contributed by atoms with Crippen molar-refractivity contribution in [2.75, 3.05) is 13.2 Å². The van der Waals surface area contributed by atoms with E-state index in [9.17, 15) is 9.50 Å². The van der Waals surface area contributed by atoms with Crippen LogP contribution in [0.3, 0.4) is 0 Å². The van der Waals surface area contributed by atoms with E-state index in [1.54, 1.807) is 6.07 Å². The van der Waals surface area contributed by atoms with Crippen molar-refractivity contribution >= 4 is 0 Å². The Labute approximate surface area is 95.1 Å². The molecule has 0 radical (unpaired) electrons. The number of hydrogen-bond donors (Lipinski definition) is 1. The lowest BCUT2D eigenvalue weighted by molar-refractivity contribution is 0.0898. The molecule has 2 atom stereocenters. The van der Waals surface area contributed by atoms with Crippen molar-refractivity contribution in [1.29, 1.82) is 0 Å². The van der Waals surface area contributed by atoms with Crippen molar-refractivity contribution in [2.24, 2.45) is 0 Å². The molecule has 1 aliphatic heterocycles. The van der Waals surface area contributed by atoms with Crippen molar-refractivity contribution in [1.82, 2.24) is 0 Å². The standard InChI is InChI=1S/C13H17FO2/c14-12-4-1-3-10(7-12)11(9-15)8-13-5-2-6-16-13/h1,3-4,7,11,13,15H,2,5-6,8-9H2. The van der Waals surface area contributed by atoms with E-state index >= 15 is 0 Å². The average molecular weight is 224 g/mol. The van der Waals surface area contributed by atoms with Crippen LogP contribution in [0, 0.1) is 5.82 Å². The third kappa shape index (κ3) is 2.80. The van der Waals surface area contributed by atoms with Crippen molar-refractivity contribution < 1.29 is 14.2 Å². The SMILES string of the molecule is OCC(CC1CCCO1)c1cccc(F)c1. The Bertz CT molecular complexity index is 334. The Morgan fingerprint density at radius 2 is 2.38 bits per heavy atom. The summed E-state index contributed by atoms with van der Waals surface area (Å²) in [5.74, 6) is -0.262. The van der Waals surface area contributed by atoms with Gasteiger partial charge in [-0.1, -0.05) is 12.1 Å². The van der Waals surface area contributed by atoms with Gasteiger partial charge in [-0.15, -0.1) is 0 Å². The maximum Gasteiger partial charge on any atom is 0.123 e. The fourth-order valence-electron chi connectivity index (χ4n) is 2.22. The van der Waals surface area contributed by atoms with E-state index in [1.165, 1.54) is 12.1 Å². The van der Waals surface area contributed by atoms with E-state index < -0.39 is 0 Å². The molecule has 0 saturated carbocycles. The van der Waals surface area contributed by atoms with Crippen LogP contribution in [0.25, 0.3) is 0 Å². The molecule has 1 N–H and O–H groups in total. The molecule has 0 aromatic heterocycles. The first kappa shape index (κ1) is 11.6. The van der Waals surface area contributed by atoms with Gasteiger partial charge in [-0.25, -0.2) is 4.39 Å². The summed E-state index contributed by atoms with van der Waals surface area (Å²) in [5.41, 5.74) is 0.859. The maximum absolute atomic E-state index is 13.1. The molecule has 1 fully saturated rings. The number of hydrogen-bond acceptors (Lipinski definition) is 2.